The van der Waals surface area contributed by atoms with E-state index >= 15 is 0 Å². The van der Waals surface area contributed by atoms with E-state index in [9.17, 15) is 14.3 Å². The Morgan fingerprint density at radius 2 is 2.33 bits per heavy atom. The van der Waals surface area contributed by atoms with Crippen molar-refractivity contribution in [3.8, 4) is 0 Å². The predicted molar refractivity (Wildman–Crippen MR) is 65.8 cm³/mol. The van der Waals surface area contributed by atoms with Crippen molar-refractivity contribution in [3.05, 3.63) is 30.1 Å². The van der Waals surface area contributed by atoms with Gasteiger partial charge in [0, 0.05) is 25.8 Å². The Bertz CT molecular complexity index is 441. The van der Waals surface area contributed by atoms with Crippen molar-refractivity contribution in [2.45, 2.75) is 12.1 Å². The smallest absolute Gasteiger partial charge is 0.321 e. The van der Waals surface area contributed by atoms with Crippen LogP contribution in [-0.2, 0) is 0 Å². The minimum absolute atomic E-state index is 0.265. The van der Waals surface area contributed by atoms with Gasteiger partial charge in [-0.05, 0) is 18.2 Å². The zero-order valence-corrected chi connectivity index (χ0v) is 10.1. The van der Waals surface area contributed by atoms with Crippen LogP contribution in [0.2, 0.25) is 0 Å². The number of aliphatic hydroxyl groups is 1. The lowest BCUT2D eigenvalue weighted by molar-refractivity contribution is 0.115. The van der Waals surface area contributed by atoms with Gasteiger partial charge in [-0.3, -0.25) is 0 Å². The maximum Gasteiger partial charge on any atom is 0.321 e. The van der Waals surface area contributed by atoms with Crippen molar-refractivity contribution < 1.29 is 14.3 Å². The van der Waals surface area contributed by atoms with Crippen LogP contribution >= 0.6 is 0 Å². The molecule has 2 rings (SSSR count). The average Bonchev–Trinajstić information content (AvgIpc) is 2.74. The molecule has 5 nitrogen and oxygen atoms in total. The molecule has 2 amide bonds. The largest absolute Gasteiger partial charge is 0.390 e. The Morgan fingerprint density at radius 3 is 2.94 bits per heavy atom. The summed E-state index contributed by atoms with van der Waals surface area (Å²) in [5, 5.41) is 15.3. The maximum atomic E-state index is 13.0. The topological polar surface area (TPSA) is 64.6 Å². The summed E-state index contributed by atoms with van der Waals surface area (Å²) in [5.41, 5.74) is 0.396. The van der Waals surface area contributed by atoms with E-state index in [1.165, 1.54) is 23.1 Å². The third-order valence-electron chi connectivity index (χ3n) is 3.04. The Balaban J connectivity index is 1.99. The second-order valence-electron chi connectivity index (χ2n) is 4.34. The van der Waals surface area contributed by atoms with E-state index in [1.54, 1.807) is 13.1 Å². The number of urea groups is 1. The van der Waals surface area contributed by atoms with Gasteiger partial charge in [-0.15, -0.1) is 0 Å². The number of nitrogens with one attached hydrogen (secondary N) is 2. The molecule has 0 spiro atoms. The lowest BCUT2D eigenvalue weighted by Gasteiger charge is -2.26. The summed E-state index contributed by atoms with van der Waals surface area (Å²) in [5.74, 6) is -0.405. The summed E-state index contributed by atoms with van der Waals surface area (Å²) in [6.07, 6.45) is -0.576. The number of rotatable bonds is 2. The minimum Gasteiger partial charge on any atom is -0.390 e. The molecule has 0 radical (unpaired) electrons. The fourth-order valence-corrected chi connectivity index (χ4v) is 1.97. The summed E-state index contributed by atoms with van der Waals surface area (Å²) >= 11 is 0. The van der Waals surface area contributed by atoms with E-state index in [2.05, 4.69) is 10.6 Å². The second kappa shape index (κ2) is 5.32. The number of hydrogen-bond donors (Lipinski definition) is 3. The Hall–Kier alpha value is -1.66. The first kappa shape index (κ1) is 12.8. The number of nitrogens with zero attached hydrogens (tertiary/aromatic N) is 1. The van der Waals surface area contributed by atoms with Crippen LogP contribution in [0.3, 0.4) is 0 Å². The van der Waals surface area contributed by atoms with Crippen molar-refractivity contribution in [1.82, 2.24) is 10.2 Å². The van der Waals surface area contributed by atoms with Crippen LogP contribution in [-0.4, -0.2) is 48.3 Å². The Labute approximate surface area is 105 Å². The molecule has 0 aliphatic carbocycles. The van der Waals surface area contributed by atoms with Gasteiger partial charge >= 0.3 is 6.03 Å². The molecule has 1 aliphatic rings. The van der Waals surface area contributed by atoms with Crippen molar-refractivity contribution in [2.24, 2.45) is 0 Å². The molecule has 1 fully saturated rings. The van der Waals surface area contributed by atoms with Crippen LogP contribution in [0, 0.1) is 5.82 Å². The zero-order chi connectivity index (χ0) is 13.1. The van der Waals surface area contributed by atoms with Gasteiger partial charge in [-0.1, -0.05) is 6.07 Å². The standard InChI is InChI=1S/C12H16FN3O2/c1-16(10-6-14-7-11(10)17)12(18)15-9-4-2-3-8(13)5-9/h2-5,10-11,14,17H,6-7H2,1H3,(H,15,18)/t10-,11-/m1/s1. The van der Waals surface area contributed by atoms with Crippen LogP contribution in [0.25, 0.3) is 0 Å². The molecule has 0 bridgehead atoms. The molecular weight excluding hydrogens is 237 g/mol. The van der Waals surface area contributed by atoms with Crippen LogP contribution in [0.4, 0.5) is 14.9 Å². The number of anilines is 1. The molecule has 6 heteroatoms. The maximum absolute atomic E-state index is 13.0. The predicted octanol–water partition coefficient (Wildman–Crippen LogP) is 0.622. The van der Waals surface area contributed by atoms with Gasteiger partial charge in [0.05, 0.1) is 12.1 Å². The Kier molecular flexibility index (Phi) is 3.78. The summed E-state index contributed by atoms with van der Waals surface area (Å²) in [4.78, 5) is 13.3. The molecule has 18 heavy (non-hydrogen) atoms. The van der Waals surface area contributed by atoms with Gasteiger partial charge < -0.3 is 20.6 Å². The highest BCUT2D eigenvalue weighted by Gasteiger charge is 2.31. The fourth-order valence-electron chi connectivity index (χ4n) is 1.97. The van der Waals surface area contributed by atoms with Gasteiger partial charge in [0.25, 0.3) is 0 Å². The first-order valence-electron chi connectivity index (χ1n) is 5.76. The normalized spacial score (nSPS) is 22.8. The molecule has 0 saturated carbocycles. The van der Waals surface area contributed by atoms with E-state index in [4.69, 9.17) is 0 Å². The second-order valence-corrected chi connectivity index (χ2v) is 4.34. The summed E-state index contributed by atoms with van der Waals surface area (Å²) in [7, 11) is 1.61. The van der Waals surface area contributed by atoms with Crippen molar-refractivity contribution in [2.75, 3.05) is 25.5 Å². The van der Waals surface area contributed by atoms with Gasteiger partial charge in [0.2, 0.25) is 0 Å². The number of hydrogen-bond acceptors (Lipinski definition) is 3. The van der Waals surface area contributed by atoms with Crippen molar-refractivity contribution in [3.63, 3.8) is 0 Å². The molecule has 0 aromatic heterocycles. The van der Waals surface area contributed by atoms with E-state index < -0.39 is 11.9 Å². The molecule has 98 valence electrons. The molecule has 1 aromatic rings. The van der Waals surface area contributed by atoms with Crippen molar-refractivity contribution >= 4 is 11.7 Å². The van der Waals surface area contributed by atoms with Crippen LogP contribution < -0.4 is 10.6 Å². The van der Waals surface area contributed by atoms with Crippen LogP contribution in [0.1, 0.15) is 0 Å². The highest BCUT2D eigenvalue weighted by Crippen LogP contribution is 2.12. The zero-order valence-electron chi connectivity index (χ0n) is 10.1. The third kappa shape index (κ3) is 2.77. The quantitative estimate of drug-likeness (QED) is 0.724. The van der Waals surface area contributed by atoms with Crippen molar-refractivity contribution in [1.29, 1.82) is 0 Å². The lowest BCUT2D eigenvalue weighted by Crippen LogP contribution is -2.46. The number of β-amino-alcohol motifs (C(OH)–C–C–N with tert-alkyl or cyclic N) is 1. The first-order valence-corrected chi connectivity index (χ1v) is 5.76. The first-order chi connectivity index (χ1) is 8.58. The summed E-state index contributed by atoms with van der Waals surface area (Å²) in [6, 6.07) is 5.06. The molecule has 0 unspecified atom stereocenters. The minimum atomic E-state index is -0.576. The van der Waals surface area contributed by atoms with Gasteiger partial charge in [-0.25, -0.2) is 9.18 Å². The van der Waals surface area contributed by atoms with E-state index in [0.29, 0.717) is 18.8 Å². The summed E-state index contributed by atoms with van der Waals surface area (Å²) in [6.45, 7) is 1.02. The lowest BCUT2D eigenvalue weighted by atomic mass is 10.2. The molecular formula is C12H16FN3O2. The number of carbonyl (C=O) groups is 1. The number of halogens is 1. The number of benzene rings is 1. The monoisotopic (exact) mass is 253 g/mol. The molecule has 1 aromatic carbocycles. The number of likely N-dealkylation sites (N-methyl/N-ethyl adjacent to an activating group) is 1. The van der Waals surface area contributed by atoms with E-state index in [0.717, 1.165) is 0 Å². The van der Waals surface area contributed by atoms with Gasteiger partial charge in [0.15, 0.2) is 0 Å². The highest BCUT2D eigenvalue weighted by atomic mass is 19.1. The Morgan fingerprint density at radius 1 is 1.56 bits per heavy atom. The average molecular weight is 253 g/mol. The number of amides is 2. The molecule has 1 heterocycles. The SMILES string of the molecule is CN(C(=O)Nc1cccc(F)c1)[C@@H]1CNC[C@H]1O. The van der Waals surface area contributed by atoms with Gasteiger partial charge in [0.1, 0.15) is 5.82 Å². The number of carbonyl (C=O) groups excluding carboxylic acids is 1. The molecule has 3 N–H and O–H groups in total. The third-order valence-corrected chi connectivity index (χ3v) is 3.04. The van der Waals surface area contributed by atoms with Crippen LogP contribution in [0.15, 0.2) is 24.3 Å². The molecule has 1 saturated heterocycles. The highest BCUT2D eigenvalue weighted by molar-refractivity contribution is 5.89. The van der Waals surface area contributed by atoms with Gasteiger partial charge in [-0.2, -0.15) is 0 Å². The summed E-state index contributed by atoms with van der Waals surface area (Å²) < 4.78 is 13.0. The molecule has 2 atom stereocenters. The van der Waals surface area contributed by atoms with Crippen LogP contribution in [0.5, 0.6) is 0 Å². The van der Waals surface area contributed by atoms with E-state index in [-0.39, 0.29) is 12.1 Å². The fraction of sp³-hybridized carbons (Fsp3) is 0.417. The molecule has 1 aliphatic heterocycles. The van der Waals surface area contributed by atoms with E-state index in [1.807, 2.05) is 0 Å². The number of aliphatic hydroxyl groups excluding tert-OH is 1.